The van der Waals surface area contributed by atoms with Crippen LogP contribution >= 0.6 is 0 Å². The Balaban J connectivity index is 2.22. The first-order valence-corrected chi connectivity index (χ1v) is 5.47. The molecule has 0 aromatic carbocycles. The monoisotopic (exact) mass is 248 g/mol. The first-order chi connectivity index (χ1) is 8.56. The molecule has 0 saturated heterocycles. The average molecular weight is 248 g/mol. The Morgan fingerprint density at radius 3 is 3.00 bits per heavy atom. The maximum absolute atomic E-state index is 13.5. The number of hydrogen-bond donors (Lipinski definition) is 1. The molecular weight excluding hydrogens is 235 g/mol. The van der Waals surface area contributed by atoms with Crippen LogP contribution in [0.4, 0.5) is 10.2 Å². The number of rotatable bonds is 3. The lowest BCUT2D eigenvalue weighted by molar-refractivity contribution is -0.114. The molecule has 2 aromatic rings. The topological polar surface area (TPSA) is 59.8 Å². The molecule has 0 fully saturated rings. The van der Waals surface area contributed by atoms with Gasteiger partial charge in [0.05, 0.1) is 12.2 Å². The molecule has 1 N–H and O–H groups in total. The summed E-state index contributed by atoms with van der Waals surface area (Å²) in [5, 5.41) is 6.75. The van der Waals surface area contributed by atoms with Crippen molar-refractivity contribution >= 4 is 11.7 Å². The highest BCUT2D eigenvalue weighted by Crippen LogP contribution is 2.11. The molecule has 2 aromatic heterocycles. The van der Waals surface area contributed by atoms with Gasteiger partial charge < -0.3 is 5.32 Å². The van der Waals surface area contributed by atoms with Gasteiger partial charge in [0, 0.05) is 24.9 Å². The fraction of sp³-hybridized carbons (Fsp3) is 0.250. The quantitative estimate of drug-likeness (QED) is 0.899. The largest absolute Gasteiger partial charge is 0.309 e. The highest BCUT2D eigenvalue weighted by molar-refractivity contribution is 5.87. The summed E-state index contributed by atoms with van der Waals surface area (Å²) in [6.45, 7) is 3.48. The number of carbonyl (C=O) groups is 1. The van der Waals surface area contributed by atoms with E-state index in [-0.39, 0.29) is 18.3 Å². The van der Waals surface area contributed by atoms with E-state index < -0.39 is 0 Å². The third kappa shape index (κ3) is 2.71. The van der Waals surface area contributed by atoms with E-state index in [2.05, 4.69) is 15.4 Å². The number of nitrogens with one attached hydrogen (secondary N) is 1. The molecule has 0 atom stereocenters. The van der Waals surface area contributed by atoms with Crippen LogP contribution in [0.3, 0.4) is 0 Å². The van der Waals surface area contributed by atoms with E-state index in [0.717, 1.165) is 5.69 Å². The second-order valence-corrected chi connectivity index (χ2v) is 3.94. The van der Waals surface area contributed by atoms with Crippen LogP contribution < -0.4 is 5.32 Å². The van der Waals surface area contributed by atoms with Crippen molar-refractivity contribution in [1.82, 2.24) is 14.8 Å². The molecule has 0 bridgehead atoms. The summed E-state index contributed by atoms with van der Waals surface area (Å²) in [5.74, 6) is -0.103. The summed E-state index contributed by atoms with van der Waals surface area (Å²) in [4.78, 5) is 14.9. The van der Waals surface area contributed by atoms with E-state index in [4.69, 9.17) is 0 Å². The summed E-state index contributed by atoms with van der Waals surface area (Å²) in [6, 6.07) is 4.62. The lowest BCUT2D eigenvalue weighted by atomic mass is 10.3. The molecule has 0 saturated carbocycles. The normalized spacial score (nSPS) is 10.4. The van der Waals surface area contributed by atoms with Crippen molar-refractivity contribution in [3.05, 3.63) is 41.6 Å². The molecule has 18 heavy (non-hydrogen) atoms. The Bertz CT molecular complexity index is 579. The molecule has 0 radical (unpaired) electrons. The number of halogens is 1. The molecule has 6 heteroatoms. The number of amides is 1. The molecular formula is C12H13FN4O. The van der Waals surface area contributed by atoms with Crippen LogP contribution in [0.5, 0.6) is 0 Å². The van der Waals surface area contributed by atoms with Crippen LogP contribution in [0.15, 0.2) is 24.4 Å². The Morgan fingerprint density at radius 1 is 1.56 bits per heavy atom. The number of aryl methyl sites for hydroxylation is 1. The van der Waals surface area contributed by atoms with Crippen molar-refractivity contribution in [2.75, 3.05) is 5.32 Å². The van der Waals surface area contributed by atoms with Crippen molar-refractivity contribution < 1.29 is 9.18 Å². The van der Waals surface area contributed by atoms with Gasteiger partial charge in [0.1, 0.15) is 5.82 Å². The van der Waals surface area contributed by atoms with E-state index >= 15 is 0 Å². The predicted octanol–water partition coefficient (Wildman–Crippen LogP) is 1.73. The molecule has 0 aliphatic heterocycles. The highest BCUT2D eigenvalue weighted by atomic mass is 19.1. The zero-order chi connectivity index (χ0) is 13.1. The SMILES string of the molecule is CC(=O)Nc1cc(C)n(Cc2ncccc2F)n1. The molecule has 2 rings (SSSR count). The van der Waals surface area contributed by atoms with E-state index in [1.54, 1.807) is 10.7 Å². The Hall–Kier alpha value is -2.24. The number of pyridine rings is 1. The van der Waals surface area contributed by atoms with Gasteiger partial charge in [-0.2, -0.15) is 5.10 Å². The van der Waals surface area contributed by atoms with Crippen LogP contribution in [-0.4, -0.2) is 20.7 Å². The average Bonchev–Trinajstić information content (AvgIpc) is 2.61. The number of nitrogens with zero attached hydrogens (tertiary/aromatic N) is 3. The van der Waals surface area contributed by atoms with Gasteiger partial charge in [-0.15, -0.1) is 0 Å². The molecule has 0 aliphatic rings. The molecule has 2 heterocycles. The predicted molar refractivity (Wildman–Crippen MR) is 64.6 cm³/mol. The van der Waals surface area contributed by atoms with Crippen molar-refractivity contribution in [1.29, 1.82) is 0 Å². The standard InChI is InChI=1S/C12H13FN4O/c1-8-6-12(15-9(2)18)16-17(8)7-11-10(13)4-3-5-14-11/h3-6H,7H2,1-2H3,(H,15,16,18). The van der Waals surface area contributed by atoms with Gasteiger partial charge >= 0.3 is 0 Å². The first kappa shape index (κ1) is 12.2. The number of carbonyl (C=O) groups excluding carboxylic acids is 1. The van der Waals surface area contributed by atoms with E-state index in [1.165, 1.54) is 25.3 Å². The van der Waals surface area contributed by atoms with E-state index in [1.807, 2.05) is 6.92 Å². The van der Waals surface area contributed by atoms with Gasteiger partial charge in [-0.3, -0.25) is 14.5 Å². The molecule has 0 unspecified atom stereocenters. The third-order valence-electron chi connectivity index (χ3n) is 2.42. The van der Waals surface area contributed by atoms with E-state index in [0.29, 0.717) is 11.5 Å². The van der Waals surface area contributed by atoms with Crippen LogP contribution in [0.2, 0.25) is 0 Å². The maximum Gasteiger partial charge on any atom is 0.222 e. The van der Waals surface area contributed by atoms with Crippen LogP contribution in [0.1, 0.15) is 18.3 Å². The summed E-state index contributed by atoms with van der Waals surface area (Å²) in [7, 11) is 0. The van der Waals surface area contributed by atoms with Gasteiger partial charge in [0.25, 0.3) is 0 Å². The Labute approximate surface area is 104 Å². The summed E-state index contributed by atoms with van der Waals surface area (Å²) < 4.78 is 15.0. The lowest BCUT2D eigenvalue weighted by Gasteiger charge is -2.04. The van der Waals surface area contributed by atoms with Gasteiger partial charge in [-0.1, -0.05) is 0 Å². The molecule has 0 spiro atoms. The summed E-state index contributed by atoms with van der Waals surface area (Å²) in [5.41, 5.74) is 1.14. The minimum absolute atomic E-state index is 0.191. The van der Waals surface area contributed by atoms with Gasteiger partial charge in [0.2, 0.25) is 5.91 Å². The molecule has 1 amide bonds. The van der Waals surface area contributed by atoms with Crippen LogP contribution in [-0.2, 0) is 11.3 Å². The van der Waals surface area contributed by atoms with E-state index in [9.17, 15) is 9.18 Å². The second-order valence-electron chi connectivity index (χ2n) is 3.94. The Morgan fingerprint density at radius 2 is 2.33 bits per heavy atom. The zero-order valence-corrected chi connectivity index (χ0v) is 10.1. The summed E-state index contributed by atoms with van der Waals surface area (Å²) in [6.07, 6.45) is 1.53. The van der Waals surface area contributed by atoms with Gasteiger partial charge in [0.15, 0.2) is 5.82 Å². The smallest absolute Gasteiger partial charge is 0.222 e. The summed E-state index contributed by atoms with van der Waals surface area (Å²) >= 11 is 0. The van der Waals surface area contributed by atoms with Gasteiger partial charge in [-0.05, 0) is 19.1 Å². The third-order valence-corrected chi connectivity index (χ3v) is 2.42. The fourth-order valence-electron chi connectivity index (χ4n) is 1.59. The maximum atomic E-state index is 13.5. The van der Waals surface area contributed by atoms with Crippen LogP contribution in [0.25, 0.3) is 0 Å². The first-order valence-electron chi connectivity index (χ1n) is 5.47. The lowest BCUT2D eigenvalue weighted by Crippen LogP contribution is -2.09. The van der Waals surface area contributed by atoms with Crippen molar-refractivity contribution in [2.24, 2.45) is 0 Å². The molecule has 94 valence electrons. The second kappa shape index (κ2) is 4.95. The zero-order valence-electron chi connectivity index (χ0n) is 10.1. The van der Waals surface area contributed by atoms with Crippen molar-refractivity contribution in [3.8, 4) is 0 Å². The molecule has 0 aliphatic carbocycles. The minimum atomic E-state index is -0.367. The fourth-order valence-corrected chi connectivity index (χ4v) is 1.59. The van der Waals surface area contributed by atoms with Crippen molar-refractivity contribution in [3.63, 3.8) is 0 Å². The van der Waals surface area contributed by atoms with Crippen molar-refractivity contribution in [2.45, 2.75) is 20.4 Å². The highest BCUT2D eigenvalue weighted by Gasteiger charge is 2.09. The number of anilines is 1. The number of hydrogen-bond acceptors (Lipinski definition) is 3. The molecule has 5 nitrogen and oxygen atoms in total. The number of aromatic nitrogens is 3. The van der Waals surface area contributed by atoms with Crippen LogP contribution in [0, 0.1) is 12.7 Å². The Kier molecular flexibility index (Phi) is 3.36. The minimum Gasteiger partial charge on any atom is -0.309 e. The van der Waals surface area contributed by atoms with Gasteiger partial charge in [-0.25, -0.2) is 4.39 Å².